The SMILES string of the molecule is CCOc1ccc(-c2nc(C)c(CCN)s2)cc1. The summed E-state index contributed by atoms with van der Waals surface area (Å²) >= 11 is 1.72. The number of ether oxygens (including phenoxy) is 1. The first-order chi connectivity index (χ1) is 8.74. The molecule has 0 saturated carbocycles. The van der Waals surface area contributed by atoms with Gasteiger partial charge in [0.2, 0.25) is 0 Å². The molecule has 0 saturated heterocycles. The van der Waals surface area contributed by atoms with Crippen LogP contribution in [0.2, 0.25) is 0 Å². The molecular formula is C14H18N2OS. The predicted molar refractivity (Wildman–Crippen MR) is 76.2 cm³/mol. The van der Waals surface area contributed by atoms with Crippen molar-refractivity contribution in [1.82, 2.24) is 4.98 Å². The average Bonchev–Trinajstić information content (AvgIpc) is 2.73. The van der Waals surface area contributed by atoms with E-state index >= 15 is 0 Å². The molecule has 0 bridgehead atoms. The minimum absolute atomic E-state index is 0.672. The first kappa shape index (κ1) is 13.1. The first-order valence-electron chi connectivity index (χ1n) is 6.14. The predicted octanol–water partition coefficient (Wildman–Crippen LogP) is 3.02. The van der Waals surface area contributed by atoms with Crippen LogP contribution in [0.5, 0.6) is 5.75 Å². The van der Waals surface area contributed by atoms with Crippen LogP contribution in [-0.4, -0.2) is 18.1 Å². The number of hydrogen-bond donors (Lipinski definition) is 1. The van der Waals surface area contributed by atoms with Gasteiger partial charge in [0, 0.05) is 10.4 Å². The lowest BCUT2D eigenvalue weighted by Gasteiger charge is -2.02. The summed E-state index contributed by atoms with van der Waals surface area (Å²) in [6, 6.07) is 8.07. The number of aromatic nitrogens is 1. The van der Waals surface area contributed by atoms with Crippen molar-refractivity contribution in [2.24, 2.45) is 5.73 Å². The van der Waals surface area contributed by atoms with Crippen LogP contribution in [0.15, 0.2) is 24.3 Å². The Bertz CT molecular complexity index is 505. The number of rotatable bonds is 5. The molecule has 1 aromatic heterocycles. The molecule has 18 heavy (non-hydrogen) atoms. The molecule has 0 fully saturated rings. The lowest BCUT2D eigenvalue weighted by molar-refractivity contribution is 0.340. The van der Waals surface area contributed by atoms with Crippen molar-refractivity contribution in [3.8, 4) is 16.3 Å². The zero-order valence-corrected chi connectivity index (χ0v) is 11.6. The maximum atomic E-state index is 5.59. The van der Waals surface area contributed by atoms with Gasteiger partial charge >= 0.3 is 0 Å². The van der Waals surface area contributed by atoms with Gasteiger partial charge in [-0.25, -0.2) is 4.98 Å². The Labute approximate surface area is 112 Å². The van der Waals surface area contributed by atoms with Gasteiger partial charge in [0.25, 0.3) is 0 Å². The van der Waals surface area contributed by atoms with Gasteiger partial charge in [0.05, 0.1) is 12.3 Å². The number of nitrogens with two attached hydrogens (primary N) is 1. The molecule has 2 rings (SSSR count). The Morgan fingerprint density at radius 2 is 2.00 bits per heavy atom. The Balaban J connectivity index is 2.22. The van der Waals surface area contributed by atoms with Crippen LogP contribution in [0, 0.1) is 6.92 Å². The van der Waals surface area contributed by atoms with E-state index in [4.69, 9.17) is 10.5 Å². The molecular weight excluding hydrogens is 244 g/mol. The minimum Gasteiger partial charge on any atom is -0.494 e. The summed E-state index contributed by atoms with van der Waals surface area (Å²) in [6.45, 7) is 5.39. The number of hydrogen-bond acceptors (Lipinski definition) is 4. The summed E-state index contributed by atoms with van der Waals surface area (Å²) in [5.41, 5.74) is 7.82. The zero-order valence-electron chi connectivity index (χ0n) is 10.8. The normalized spacial score (nSPS) is 10.6. The third-order valence-corrected chi connectivity index (χ3v) is 3.94. The largest absolute Gasteiger partial charge is 0.494 e. The van der Waals surface area contributed by atoms with Crippen LogP contribution < -0.4 is 10.5 Å². The standard InChI is InChI=1S/C14H18N2OS/c1-3-17-12-6-4-11(5-7-12)14-16-10(2)13(18-14)8-9-15/h4-7H,3,8-9,15H2,1-2H3. The molecule has 0 unspecified atom stereocenters. The van der Waals surface area contributed by atoms with E-state index in [9.17, 15) is 0 Å². The van der Waals surface area contributed by atoms with Gasteiger partial charge in [0.15, 0.2) is 0 Å². The Morgan fingerprint density at radius 1 is 1.28 bits per heavy atom. The highest BCUT2D eigenvalue weighted by molar-refractivity contribution is 7.15. The lowest BCUT2D eigenvalue weighted by Crippen LogP contribution is -2.01. The number of thiazole rings is 1. The van der Waals surface area contributed by atoms with E-state index in [1.807, 2.05) is 26.0 Å². The van der Waals surface area contributed by atoms with Gasteiger partial charge in [-0.2, -0.15) is 0 Å². The van der Waals surface area contributed by atoms with Crippen molar-refractivity contribution in [3.05, 3.63) is 34.8 Å². The molecule has 0 spiro atoms. The number of benzene rings is 1. The van der Waals surface area contributed by atoms with Crippen LogP contribution in [0.3, 0.4) is 0 Å². The highest BCUT2D eigenvalue weighted by Crippen LogP contribution is 2.29. The van der Waals surface area contributed by atoms with E-state index in [2.05, 4.69) is 17.1 Å². The monoisotopic (exact) mass is 262 g/mol. The van der Waals surface area contributed by atoms with Crippen LogP contribution in [0.25, 0.3) is 10.6 Å². The molecule has 1 heterocycles. The maximum absolute atomic E-state index is 5.59. The Morgan fingerprint density at radius 3 is 2.61 bits per heavy atom. The molecule has 1 aromatic carbocycles. The molecule has 4 heteroatoms. The zero-order chi connectivity index (χ0) is 13.0. The summed E-state index contributed by atoms with van der Waals surface area (Å²) in [4.78, 5) is 5.88. The molecule has 96 valence electrons. The molecule has 0 aliphatic heterocycles. The topological polar surface area (TPSA) is 48.1 Å². The van der Waals surface area contributed by atoms with Gasteiger partial charge < -0.3 is 10.5 Å². The van der Waals surface area contributed by atoms with Crippen molar-refractivity contribution < 1.29 is 4.74 Å². The van der Waals surface area contributed by atoms with Crippen LogP contribution in [0.1, 0.15) is 17.5 Å². The molecule has 2 N–H and O–H groups in total. The fourth-order valence-electron chi connectivity index (χ4n) is 1.77. The van der Waals surface area contributed by atoms with E-state index in [0.29, 0.717) is 13.2 Å². The van der Waals surface area contributed by atoms with Gasteiger partial charge in [-0.3, -0.25) is 0 Å². The first-order valence-corrected chi connectivity index (χ1v) is 6.96. The summed E-state index contributed by atoms with van der Waals surface area (Å²) in [5, 5.41) is 1.05. The molecule has 0 radical (unpaired) electrons. The Kier molecular flexibility index (Phi) is 4.33. The van der Waals surface area contributed by atoms with Crippen LogP contribution in [0.4, 0.5) is 0 Å². The van der Waals surface area contributed by atoms with E-state index in [-0.39, 0.29) is 0 Å². The van der Waals surface area contributed by atoms with Gasteiger partial charge in [-0.1, -0.05) is 0 Å². The van der Waals surface area contributed by atoms with Gasteiger partial charge in [-0.15, -0.1) is 11.3 Å². The summed E-state index contributed by atoms with van der Waals surface area (Å²) < 4.78 is 5.43. The molecule has 0 aliphatic rings. The quantitative estimate of drug-likeness (QED) is 0.901. The summed E-state index contributed by atoms with van der Waals surface area (Å²) in [6.07, 6.45) is 0.903. The molecule has 0 amide bonds. The fraction of sp³-hybridized carbons (Fsp3) is 0.357. The summed E-state index contributed by atoms with van der Waals surface area (Å²) in [7, 11) is 0. The number of aryl methyl sites for hydroxylation is 1. The van der Waals surface area contributed by atoms with Crippen molar-refractivity contribution in [3.63, 3.8) is 0 Å². The molecule has 2 aromatic rings. The Hall–Kier alpha value is -1.39. The van der Waals surface area contributed by atoms with Crippen LogP contribution in [-0.2, 0) is 6.42 Å². The summed E-state index contributed by atoms with van der Waals surface area (Å²) in [5.74, 6) is 0.900. The third kappa shape index (κ3) is 2.89. The molecule has 0 atom stereocenters. The van der Waals surface area contributed by atoms with Crippen molar-refractivity contribution in [2.75, 3.05) is 13.2 Å². The minimum atomic E-state index is 0.672. The van der Waals surface area contributed by atoms with E-state index in [0.717, 1.165) is 28.4 Å². The van der Waals surface area contributed by atoms with E-state index in [1.165, 1.54) is 4.88 Å². The van der Waals surface area contributed by atoms with E-state index < -0.39 is 0 Å². The molecule has 3 nitrogen and oxygen atoms in total. The molecule has 0 aliphatic carbocycles. The highest BCUT2D eigenvalue weighted by atomic mass is 32.1. The van der Waals surface area contributed by atoms with Crippen molar-refractivity contribution in [1.29, 1.82) is 0 Å². The second-order valence-corrected chi connectivity index (χ2v) is 5.11. The second kappa shape index (κ2) is 5.98. The second-order valence-electron chi connectivity index (χ2n) is 4.02. The van der Waals surface area contributed by atoms with Crippen LogP contribution >= 0.6 is 11.3 Å². The van der Waals surface area contributed by atoms with Crippen molar-refractivity contribution in [2.45, 2.75) is 20.3 Å². The highest BCUT2D eigenvalue weighted by Gasteiger charge is 2.08. The maximum Gasteiger partial charge on any atom is 0.123 e. The average molecular weight is 262 g/mol. The third-order valence-electron chi connectivity index (χ3n) is 2.68. The fourth-order valence-corrected chi connectivity index (χ4v) is 2.86. The van der Waals surface area contributed by atoms with Crippen molar-refractivity contribution >= 4 is 11.3 Å². The number of nitrogens with zero attached hydrogens (tertiary/aromatic N) is 1. The van der Waals surface area contributed by atoms with E-state index in [1.54, 1.807) is 11.3 Å². The smallest absolute Gasteiger partial charge is 0.123 e. The lowest BCUT2D eigenvalue weighted by atomic mass is 10.2. The van der Waals surface area contributed by atoms with Gasteiger partial charge in [0.1, 0.15) is 10.8 Å². The van der Waals surface area contributed by atoms with Gasteiger partial charge in [-0.05, 0) is 51.1 Å².